The number of rotatable bonds is 5. The molecule has 4 rings (SSSR count). The number of aryl methyl sites for hydroxylation is 1. The zero-order chi connectivity index (χ0) is 19.5. The summed E-state index contributed by atoms with van der Waals surface area (Å²) in [6.45, 7) is 1.87. The van der Waals surface area contributed by atoms with E-state index in [4.69, 9.17) is 16.0 Å². The maximum Gasteiger partial charge on any atom is 0.252 e. The molecule has 4 aromatic rings. The van der Waals surface area contributed by atoms with Crippen LogP contribution in [0.5, 0.6) is 0 Å². The van der Waals surface area contributed by atoms with Crippen molar-refractivity contribution in [2.45, 2.75) is 17.8 Å². The number of aromatic amines is 1. The Morgan fingerprint density at radius 2 is 1.79 bits per heavy atom. The predicted molar refractivity (Wildman–Crippen MR) is 112 cm³/mol. The molecule has 0 atom stereocenters. The first-order chi connectivity index (χ1) is 13.6. The molecule has 2 heterocycles. The predicted octanol–water partition coefficient (Wildman–Crippen LogP) is 5.35. The molecule has 28 heavy (non-hydrogen) atoms. The van der Waals surface area contributed by atoms with Crippen LogP contribution < -0.4 is 5.56 Å². The Morgan fingerprint density at radius 3 is 2.54 bits per heavy atom. The van der Waals surface area contributed by atoms with E-state index in [0.29, 0.717) is 27.5 Å². The molecular weight excluding hydrogens is 394 g/mol. The number of hydrogen-bond acceptors (Lipinski definition) is 5. The lowest BCUT2D eigenvalue weighted by Crippen LogP contribution is -2.08. The van der Waals surface area contributed by atoms with Crippen LogP contribution in [0.1, 0.15) is 11.5 Å². The third-order valence-corrected chi connectivity index (χ3v) is 5.26. The fourth-order valence-electron chi connectivity index (χ4n) is 2.68. The highest BCUT2D eigenvalue weighted by Gasteiger charge is 2.13. The van der Waals surface area contributed by atoms with Gasteiger partial charge in [0.25, 0.3) is 5.56 Å². The number of benzene rings is 2. The largest absolute Gasteiger partial charge is 0.441 e. The fraction of sp³-hybridized carbons (Fsp3) is 0.0952. The van der Waals surface area contributed by atoms with Crippen molar-refractivity contribution < 1.29 is 4.42 Å². The average Bonchev–Trinajstić information content (AvgIpc) is 3.08. The molecule has 2 aromatic heterocycles. The van der Waals surface area contributed by atoms with Crippen LogP contribution in [0, 0.1) is 6.92 Å². The summed E-state index contributed by atoms with van der Waals surface area (Å²) in [5.74, 6) is 1.81. The maximum atomic E-state index is 12.0. The minimum absolute atomic E-state index is 0.185. The van der Waals surface area contributed by atoms with Crippen molar-refractivity contribution >= 4 is 23.4 Å². The highest BCUT2D eigenvalue weighted by Crippen LogP contribution is 2.27. The van der Waals surface area contributed by atoms with E-state index >= 15 is 0 Å². The van der Waals surface area contributed by atoms with E-state index in [9.17, 15) is 4.79 Å². The first-order valence-corrected chi connectivity index (χ1v) is 9.97. The minimum Gasteiger partial charge on any atom is -0.441 e. The second-order valence-electron chi connectivity index (χ2n) is 6.12. The Labute approximate surface area is 170 Å². The first-order valence-electron chi connectivity index (χ1n) is 8.60. The van der Waals surface area contributed by atoms with Crippen molar-refractivity contribution in [2.24, 2.45) is 0 Å². The molecule has 0 spiro atoms. The van der Waals surface area contributed by atoms with Crippen LogP contribution >= 0.6 is 23.4 Å². The van der Waals surface area contributed by atoms with Gasteiger partial charge in [0.2, 0.25) is 5.89 Å². The summed E-state index contributed by atoms with van der Waals surface area (Å²) in [5, 5.41) is 1.21. The van der Waals surface area contributed by atoms with E-state index in [1.165, 1.54) is 17.8 Å². The van der Waals surface area contributed by atoms with Gasteiger partial charge in [0.05, 0.1) is 11.4 Å². The van der Waals surface area contributed by atoms with Crippen LogP contribution in [0.15, 0.2) is 75.0 Å². The zero-order valence-electron chi connectivity index (χ0n) is 15.0. The van der Waals surface area contributed by atoms with Crippen molar-refractivity contribution in [2.75, 3.05) is 0 Å². The minimum atomic E-state index is -0.185. The lowest BCUT2D eigenvalue weighted by Gasteiger charge is -2.03. The quantitative estimate of drug-likeness (QED) is 0.355. The molecule has 1 N–H and O–H groups in total. The van der Waals surface area contributed by atoms with Crippen LogP contribution in [0.25, 0.3) is 22.7 Å². The lowest BCUT2D eigenvalue weighted by atomic mass is 10.1. The second kappa shape index (κ2) is 8.04. The van der Waals surface area contributed by atoms with Gasteiger partial charge in [-0.3, -0.25) is 4.79 Å². The number of thioether (sulfide) groups is 1. The topological polar surface area (TPSA) is 71.8 Å². The summed E-state index contributed by atoms with van der Waals surface area (Å²) >= 11 is 7.34. The van der Waals surface area contributed by atoms with E-state index in [1.54, 1.807) is 12.1 Å². The molecule has 5 nitrogen and oxygen atoms in total. The number of nitrogens with one attached hydrogen (secondary N) is 1. The van der Waals surface area contributed by atoms with Crippen LogP contribution in [0.3, 0.4) is 0 Å². The molecule has 0 radical (unpaired) electrons. The maximum absolute atomic E-state index is 12.0. The third kappa shape index (κ3) is 4.18. The summed E-state index contributed by atoms with van der Waals surface area (Å²) < 4.78 is 5.79. The van der Waals surface area contributed by atoms with Gasteiger partial charge in [0.15, 0.2) is 5.16 Å². The molecular formula is C21H16ClN3O2S. The molecule has 0 aliphatic carbocycles. The molecule has 2 aromatic carbocycles. The van der Waals surface area contributed by atoms with Crippen molar-refractivity contribution in [1.29, 1.82) is 0 Å². The first kappa shape index (κ1) is 18.5. The van der Waals surface area contributed by atoms with E-state index in [1.807, 2.05) is 49.4 Å². The van der Waals surface area contributed by atoms with Gasteiger partial charge >= 0.3 is 0 Å². The molecule has 0 saturated carbocycles. The second-order valence-corrected chi connectivity index (χ2v) is 7.52. The Bertz CT molecular complexity index is 1150. The Kier molecular flexibility index (Phi) is 5.32. The van der Waals surface area contributed by atoms with Gasteiger partial charge in [-0.15, -0.1) is 0 Å². The highest BCUT2D eigenvalue weighted by molar-refractivity contribution is 7.98. The summed E-state index contributed by atoms with van der Waals surface area (Å²) in [4.78, 5) is 23.9. The number of halogens is 1. The van der Waals surface area contributed by atoms with Gasteiger partial charge in [-0.05, 0) is 31.2 Å². The van der Waals surface area contributed by atoms with Crippen LogP contribution in [-0.4, -0.2) is 15.0 Å². The van der Waals surface area contributed by atoms with Gasteiger partial charge in [-0.2, -0.15) is 0 Å². The van der Waals surface area contributed by atoms with E-state index in [-0.39, 0.29) is 5.56 Å². The Morgan fingerprint density at radius 1 is 1.04 bits per heavy atom. The molecule has 0 saturated heterocycles. The molecule has 0 fully saturated rings. The molecule has 7 heteroatoms. The number of H-pyrrole nitrogens is 1. The van der Waals surface area contributed by atoms with E-state index in [0.717, 1.165) is 22.6 Å². The van der Waals surface area contributed by atoms with Crippen molar-refractivity contribution in [3.63, 3.8) is 0 Å². The Hall–Kier alpha value is -2.83. The zero-order valence-corrected chi connectivity index (χ0v) is 16.6. The van der Waals surface area contributed by atoms with Crippen LogP contribution in [0.2, 0.25) is 5.02 Å². The molecule has 0 unspecified atom stereocenters. The van der Waals surface area contributed by atoms with Gasteiger partial charge in [0.1, 0.15) is 5.76 Å². The molecule has 0 aliphatic heterocycles. The monoisotopic (exact) mass is 409 g/mol. The summed E-state index contributed by atoms with van der Waals surface area (Å²) in [5.41, 5.74) is 3.03. The van der Waals surface area contributed by atoms with Crippen LogP contribution in [0.4, 0.5) is 0 Å². The highest BCUT2D eigenvalue weighted by atomic mass is 35.5. The lowest BCUT2D eigenvalue weighted by molar-refractivity contribution is 0.540. The number of hydrogen-bond donors (Lipinski definition) is 1. The van der Waals surface area contributed by atoms with Gasteiger partial charge in [0, 0.05) is 28.0 Å². The molecule has 140 valence electrons. The van der Waals surface area contributed by atoms with E-state index < -0.39 is 0 Å². The number of oxazole rings is 1. The van der Waals surface area contributed by atoms with Gasteiger partial charge in [-0.25, -0.2) is 9.97 Å². The third-order valence-electron chi connectivity index (χ3n) is 4.12. The SMILES string of the molecule is Cc1oc(-c2ccc(Cl)cc2)nc1CSc1nc(-c2ccccc2)cc(=O)[nH]1. The summed E-state index contributed by atoms with van der Waals surface area (Å²) in [6.07, 6.45) is 0. The van der Waals surface area contributed by atoms with Crippen LogP contribution in [-0.2, 0) is 5.75 Å². The standard InChI is InChI=1S/C21H16ClN3O2S/c1-13-18(23-20(27-13)15-7-9-16(22)10-8-15)12-28-21-24-17(11-19(26)25-21)14-5-3-2-4-6-14/h2-11H,12H2,1H3,(H,24,25,26). The molecule has 0 amide bonds. The smallest absolute Gasteiger partial charge is 0.252 e. The van der Waals surface area contributed by atoms with Crippen molar-refractivity contribution in [3.8, 4) is 22.7 Å². The van der Waals surface area contributed by atoms with Gasteiger partial charge in [-0.1, -0.05) is 53.7 Å². The normalized spacial score (nSPS) is 10.9. The van der Waals surface area contributed by atoms with E-state index in [2.05, 4.69) is 15.0 Å². The average molecular weight is 410 g/mol. The summed E-state index contributed by atoms with van der Waals surface area (Å²) in [6, 6.07) is 18.5. The molecule has 0 aliphatic rings. The molecule has 0 bridgehead atoms. The number of nitrogens with zero attached hydrogens (tertiary/aromatic N) is 2. The fourth-order valence-corrected chi connectivity index (χ4v) is 3.68. The number of aromatic nitrogens is 3. The van der Waals surface area contributed by atoms with Crippen molar-refractivity contribution in [1.82, 2.24) is 15.0 Å². The Balaban J connectivity index is 1.54. The van der Waals surface area contributed by atoms with Gasteiger partial charge < -0.3 is 9.40 Å². The van der Waals surface area contributed by atoms with Crippen molar-refractivity contribution in [3.05, 3.63) is 87.5 Å². The summed E-state index contributed by atoms with van der Waals surface area (Å²) in [7, 11) is 0.